The molecule has 1 heterocycles. The molecule has 1 aromatic heterocycles. The summed E-state index contributed by atoms with van der Waals surface area (Å²) in [5.74, 6) is 0.566. The molecule has 0 atom stereocenters. The third-order valence-corrected chi connectivity index (χ3v) is 2.01. The molecular weight excluding hydrogens is 204 g/mol. The number of ether oxygens (including phenoxy) is 1. The molecule has 16 heavy (non-hydrogen) atoms. The molecule has 5 heteroatoms. The fourth-order valence-corrected chi connectivity index (χ4v) is 1.26. The number of hydrogen-bond acceptors (Lipinski definition) is 4. The van der Waals surface area contributed by atoms with Crippen molar-refractivity contribution < 1.29 is 4.74 Å². The Hall–Kier alpha value is -1.07. The molecule has 1 rings (SSSR count). The lowest BCUT2D eigenvalue weighted by atomic mass is 10.2. The van der Waals surface area contributed by atoms with E-state index in [0.717, 1.165) is 26.2 Å². The monoisotopic (exact) mass is 226 g/mol. The van der Waals surface area contributed by atoms with Gasteiger partial charge in [0.1, 0.15) is 5.82 Å². The van der Waals surface area contributed by atoms with Gasteiger partial charge >= 0.3 is 0 Å². The van der Waals surface area contributed by atoms with Gasteiger partial charge in [0.05, 0.1) is 18.5 Å². The van der Waals surface area contributed by atoms with Crippen LogP contribution in [0.5, 0.6) is 0 Å². The number of rotatable bonds is 6. The normalized spacial score (nSPS) is 11.9. The van der Waals surface area contributed by atoms with E-state index in [4.69, 9.17) is 10.5 Å². The van der Waals surface area contributed by atoms with Gasteiger partial charge in [-0.15, -0.1) is 0 Å². The largest absolute Gasteiger partial charge is 0.382 e. The van der Waals surface area contributed by atoms with Crippen molar-refractivity contribution in [2.24, 2.45) is 0 Å². The van der Waals surface area contributed by atoms with Crippen LogP contribution in [0.4, 0.5) is 5.82 Å². The van der Waals surface area contributed by atoms with E-state index < -0.39 is 0 Å². The molecule has 3 N–H and O–H groups in total. The Morgan fingerprint density at radius 3 is 2.75 bits per heavy atom. The molecule has 0 unspecified atom stereocenters. The molecule has 1 aromatic rings. The van der Waals surface area contributed by atoms with Crippen LogP contribution in [0, 0.1) is 0 Å². The van der Waals surface area contributed by atoms with Crippen LogP contribution in [-0.2, 0) is 11.3 Å². The Kier molecular flexibility index (Phi) is 4.76. The Bertz CT molecular complexity index is 303. The smallest absolute Gasteiger partial charge is 0.141 e. The van der Waals surface area contributed by atoms with E-state index in [2.05, 4.69) is 31.1 Å². The third-order valence-electron chi connectivity index (χ3n) is 2.01. The molecule has 0 bridgehead atoms. The molecule has 5 nitrogen and oxygen atoms in total. The summed E-state index contributed by atoms with van der Waals surface area (Å²) in [7, 11) is 0. The molecule has 0 saturated carbocycles. The SMILES string of the molecule is CC(C)(C)OCCNCCn1cnc(N)c1. The highest BCUT2D eigenvalue weighted by molar-refractivity contribution is 5.22. The van der Waals surface area contributed by atoms with Crippen molar-refractivity contribution in [1.82, 2.24) is 14.9 Å². The van der Waals surface area contributed by atoms with E-state index >= 15 is 0 Å². The maximum atomic E-state index is 5.58. The minimum absolute atomic E-state index is 0.0551. The second-order valence-electron chi connectivity index (χ2n) is 4.75. The minimum atomic E-state index is -0.0551. The summed E-state index contributed by atoms with van der Waals surface area (Å²) in [4.78, 5) is 3.95. The molecule has 0 aromatic carbocycles. The van der Waals surface area contributed by atoms with Crippen molar-refractivity contribution >= 4 is 5.82 Å². The average molecular weight is 226 g/mol. The van der Waals surface area contributed by atoms with E-state index in [1.807, 2.05) is 10.8 Å². The second kappa shape index (κ2) is 5.86. The van der Waals surface area contributed by atoms with E-state index in [1.165, 1.54) is 0 Å². The fraction of sp³-hybridized carbons (Fsp3) is 0.727. The van der Waals surface area contributed by atoms with Crippen molar-refractivity contribution in [2.45, 2.75) is 32.9 Å². The first kappa shape index (κ1) is 13.0. The van der Waals surface area contributed by atoms with Crippen molar-refractivity contribution in [3.8, 4) is 0 Å². The summed E-state index contributed by atoms with van der Waals surface area (Å²) >= 11 is 0. The Labute approximate surface area is 97.0 Å². The lowest BCUT2D eigenvalue weighted by molar-refractivity contribution is -0.000786. The second-order valence-corrected chi connectivity index (χ2v) is 4.75. The van der Waals surface area contributed by atoms with Crippen LogP contribution < -0.4 is 11.1 Å². The first-order valence-electron chi connectivity index (χ1n) is 5.59. The molecule has 0 fully saturated rings. The summed E-state index contributed by atoms with van der Waals surface area (Å²) in [5, 5.41) is 3.30. The van der Waals surface area contributed by atoms with E-state index in [9.17, 15) is 0 Å². The van der Waals surface area contributed by atoms with Gasteiger partial charge in [-0.05, 0) is 20.8 Å². The lowest BCUT2D eigenvalue weighted by Gasteiger charge is -2.19. The van der Waals surface area contributed by atoms with Crippen LogP contribution in [0.25, 0.3) is 0 Å². The van der Waals surface area contributed by atoms with Gasteiger partial charge in [0, 0.05) is 25.8 Å². The molecule has 0 radical (unpaired) electrons. The lowest BCUT2D eigenvalue weighted by Crippen LogP contribution is -2.28. The number of aromatic nitrogens is 2. The maximum Gasteiger partial charge on any atom is 0.141 e. The van der Waals surface area contributed by atoms with E-state index in [-0.39, 0.29) is 5.60 Å². The highest BCUT2D eigenvalue weighted by atomic mass is 16.5. The summed E-state index contributed by atoms with van der Waals surface area (Å²) < 4.78 is 7.55. The predicted molar refractivity (Wildman–Crippen MR) is 65.2 cm³/mol. The molecule has 0 amide bonds. The number of nitrogens with one attached hydrogen (secondary N) is 1. The van der Waals surface area contributed by atoms with Gasteiger partial charge in [0.25, 0.3) is 0 Å². The third kappa shape index (κ3) is 5.72. The molecule has 0 saturated heterocycles. The maximum absolute atomic E-state index is 5.58. The molecule has 92 valence electrons. The minimum Gasteiger partial charge on any atom is -0.382 e. The summed E-state index contributed by atoms with van der Waals surface area (Å²) in [6.45, 7) is 9.53. The number of anilines is 1. The molecule has 0 aliphatic rings. The zero-order chi connectivity index (χ0) is 12.0. The first-order chi connectivity index (χ1) is 7.47. The van der Waals surface area contributed by atoms with Crippen molar-refractivity contribution in [3.63, 3.8) is 0 Å². The highest BCUT2D eigenvalue weighted by Crippen LogP contribution is 2.04. The summed E-state index contributed by atoms with van der Waals surface area (Å²) in [5.41, 5.74) is 5.45. The number of nitrogens with zero attached hydrogens (tertiary/aromatic N) is 2. The van der Waals surface area contributed by atoms with Crippen molar-refractivity contribution in [1.29, 1.82) is 0 Å². The Morgan fingerprint density at radius 2 is 2.19 bits per heavy atom. The number of hydrogen-bond donors (Lipinski definition) is 2. The highest BCUT2D eigenvalue weighted by Gasteiger charge is 2.08. The number of nitrogen functional groups attached to an aromatic ring is 1. The van der Waals surface area contributed by atoms with E-state index in [0.29, 0.717) is 5.82 Å². The Morgan fingerprint density at radius 1 is 1.44 bits per heavy atom. The quantitative estimate of drug-likeness (QED) is 0.706. The standard InChI is InChI=1S/C11H22N4O/c1-11(2,3)16-7-5-13-4-6-15-8-10(12)14-9-15/h8-9,13H,4-7,12H2,1-3H3. The van der Waals surface area contributed by atoms with Crippen LogP contribution in [0.1, 0.15) is 20.8 Å². The molecule has 0 aliphatic carbocycles. The topological polar surface area (TPSA) is 65.1 Å². The van der Waals surface area contributed by atoms with Crippen LogP contribution in [-0.4, -0.2) is 34.8 Å². The average Bonchev–Trinajstić information content (AvgIpc) is 2.56. The van der Waals surface area contributed by atoms with Crippen LogP contribution in [0.3, 0.4) is 0 Å². The van der Waals surface area contributed by atoms with Gasteiger partial charge in [0.2, 0.25) is 0 Å². The molecule has 0 spiro atoms. The molecular formula is C11H22N4O. The zero-order valence-electron chi connectivity index (χ0n) is 10.4. The Balaban J connectivity index is 2.00. The fourth-order valence-electron chi connectivity index (χ4n) is 1.26. The van der Waals surface area contributed by atoms with Crippen molar-refractivity contribution in [3.05, 3.63) is 12.5 Å². The van der Waals surface area contributed by atoms with E-state index in [1.54, 1.807) is 6.33 Å². The van der Waals surface area contributed by atoms with Crippen LogP contribution in [0.15, 0.2) is 12.5 Å². The first-order valence-corrected chi connectivity index (χ1v) is 5.59. The molecule has 0 aliphatic heterocycles. The van der Waals surface area contributed by atoms with Gasteiger partial charge in [-0.2, -0.15) is 0 Å². The summed E-state index contributed by atoms with van der Waals surface area (Å²) in [6, 6.07) is 0. The van der Waals surface area contributed by atoms with Gasteiger partial charge in [0.15, 0.2) is 0 Å². The van der Waals surface area contributed by atoms with Gasteiger partial charge in [-0.25, -0.2) is 4.98 Å². The van der Waals surface area contributed by atoms with Gasteiger partial charge in [-0.1, -0.05) is 0 Å². The summed E-state index contributed by atoms with van der Waals surface area (Å²) in [6.07, 6.45) is 3.57. The van der Waals surface area contributed by atoms with Gasteiger partial charge in [-0.3, -0.25) is 0 Å². The van der Waals surface area contributed by atoms with Crippen LogP contribution >= 0.6 is 0 Å². The van der Waals surface area contributed by atoms with Crippen molar-refractivity contribution in [2.75, 3.05) is 25.4 Å². The zero-order valence-corrected chi connectivity index (χ0v) is 10.4. The van der Waals surface area contributed by atoms with Crippen LogP contribution in [0.2, 0.25) is 0 Å². The van der Waals surface area contributed by atoms with Gasteiger partial charge < -0.3 is 20.4 Å². The number of imidazole rings is 1. The predicted octanol–water partition coefficient (Wildman–Crippen LogP) is 0.870. The number of nitrogens with two attached hydrogens (primary N) is 1.